The first-order chi connectivity index (χ1) is 14.5. The van der Waals surface area contributed by atoms with Gasteiger partial charge in [-0.2, -0.15) is 0 Å². The largest absolute Gasteiger partial charge is 0.480 e. The number of unbranched alkanes of at least 4 members (excludes halogenated alkanes) is 11. The van der Waals surface area contributed by atoms with E-state index in [9.17, 15) is 9.59 Å². The monoisotopic (exact) mass is 426 g/mol. The lowest BCUT2D eigenvalue weighted by Crippen LogP contribution is -2.49. The van der Waals surface area contributed by atoms with Gasteiger partial charge in [0, 0.05) is 13.0 Å². The maximum atomic E-state index is 12.0. The third-order valence-corrected chi connectivity index (χ3v) is 5.31. The Morgan fingerprint density at radius 2 is 1.43 bits per heavy atom. The minimum atomic E-state index is -0.971. The van der Waals surface area contributed by atoms with E-state index >= 15 is 0 Å². The summed E-state index contributed by atoms with van der Waals surface area (Å²) in [5, 5.41) is 20.8. The molecular formula is C24H46N2O4. The fourth-order valence-electron chi connectivity index (χ4n) is 3.46. The highest BCUT2D eigenvalue weighted by Gasteiger charge is 2.17. The zero-order chi connectivity index (χ0) is 22.5. The van der Waals surface area contributed by atoms with Gasteiger partial charge in [-0.05, 0) is 39.0 Å². The molecular weight excluding hydrogens is 380 g/mol. The van der Waals surface area contributed by atoms with Crippen molar-refractivity contribution in [1.82, 2.24) is 10.2 Å². The van der Waals surface area contributed by atoms with E-state index in [4.69, 9.17) is 10.2 Å². The second-order valence-corrected chi connectivity index (χ2v) is 8.17. The second-order valence-electron chi connectivity index (χ2n) is 8.17. The number of nitrogens with zero attached hydrogens (tertiary/aromatic N) is 1. The topological polar surface area (TPSA) is 89.9 Å². The Morgan fingerprint density at radius 1 is 0.900 bits per heavy atom. The number of aliphatic hydroxyl groups is 1. The summed E-state index contributed by atoms with van der Waals surface area (Å²) in [7, 11) is 0. The molecule has 0 aromatic rings. The predicted molar refractivity (Wildman–Crippen MR) is 123 cm³/mol. The van der Waals surface area contributed by atoms with Crippen LogP contribution in [0.1, 0.15) is 104 Å². The van der Waals surface area contributed by atoms with Gasteiger partial charge in [-0.3, -0.25) is 14.5 Å². The first-order valence-corrected chi connectivity index (χ1v) is 12.0. The SMILES string of the molecule is CCCCCCCC/C=C\CCCCCCCC(=O)NC(C)N(CCO)CC(=O)O. The van der Waals surface area contributed by atoms with Gasteiger partial charge in [-0.1, -0.05) is 70.4 Å². The number of aliphatic hydroxyl groups excluding tert-OH is 1. The molecule has 0 fully saturated rings. The quantitative estimate of drug-likeness (QED) is 0.138. The maximum Gasteiger partial charge on any atom is 0.317 e. The molecule has 0 heterocycles. The van der Waals surface area contributed by atoms with Gasteiger partial charge in [-0.15, -0.1) is 0 Å². The van der Waals surface area contributed by atoms with Crippen LogP contribution in [-0.4, -0.2) is 52.9 Å². The van der Waals surface area contributed by atoms with Crippen molar-refractivity contribution < 1.29 is 19.8 Å². The summed E-state index contributed by atoms with van der Waals surface area (Å²) in [6.45, 7) is 3.88. The van der Waals surface area contributed by atoms with Crippen LogP contribution in [0.4, 0.5) is 0 Å². The van der Waals surface area contributed by atoms with Gasteiger partial charge in [-0.25, -0.2) is 0 Å². The summed E-state index contributed by atoms with van der Waals surface area (Å²) >= 11 is 0. The molecule has 3 N–H and O–H groups in total. The van der Waals surface area contributed by atoms with Gasteiger partial charge in [0.05, 0.1) is 19.3 Å². The van der Waals surface area contributed by atoms with Gasteiger partial charge < -0.3 is 15.5 Å². The van der Waals surface area contributed by atoms with Crippen LogP contribution in [0.5, 0.6) is 0 Å². The molecule has 0 saturated carbocycles. The van der Waals surface area contributed by atoms with Crippen LogP contribution in [0.2, 0.25) is 0 Å². The number of carbonyl (C=O) groups excluding carboxylic acids is 1. The van der Waals surface area contributed by atoms with E-state index < -0.39 is 12.1 Å². The average Bonchev–Trinajstić information content (AvgIpc) is 2.70. The van der Waals surface area contributed by atoms with Crippen molar-refractivity contribution in [3.05, 3.63) is 12.2 Å². The van der Waals surface area contributed by atoms with E-state index in [-0.39, 0.29) is 25.6 Å². The Labute approximate surface area is 184 Å². The number of carboxylic acid groups (broad SMARTS) is 1. The van der Waals surface area contributed by atoms with Crippen LogP contribution in [0.25, 0.3) is 0 Å². The van der Waals surface area contributed by atoms with Crippen molar-refractivity contribution in [2.45, 2.75) is 110 Å². The molecule has 0 aromatic carbocycles. The number of carboxylic acids is 1. The van der Waals surface area contributed by atoms with Crippen LogP contribution >= 0.6 is 0 Å². The second kappa shape index (κ2) is 20.9. The highest BCUT2D eigenvalue weighted by atomic mass is 16.4. The van der Waals surface area contributed by atoms with E-state index in [2.05, 4.69) is 24.4 Å². The lowest BCUT2D eigenvalue weighted by atomic mass is 10.1. The molecule has 30 heavy (non-hydrogen) atoms. The van der Waals surface area contributed by atoms with Crippen molar-refractivity contribution in [3.63, 3.8) is 0 Å². The summed E-state index contributed by atoms with van der Waals surface area (Å²) in [4.78, 5) is 24.4. The number of amides is 1. The summed E-state index contributed by atoms with van der Waals surface area (Å²) in [5.41, 5.74) is 0. The minimum Gasteiger partial charge on any atom is -0.480 e. The molecule has 6 nitrogen and oxygen atoms in total. The fraction of sp³-hybridized carbons (Fsp3) is 0.833. The van der Waals surface area contributed by atoms with Crippen LogP contribution in [0.3, 0.4) is 0 Å². The first kappa shape index (κ1) is 28.6. The predicted octanol–water partition coefficient (Wildman–Crippen LogP) is 4.87. The fourth-order valence-corrected chi connectivity index (χ4v) is 3.46. The molecule has 1 amide bonds. The summed E-state index contributed by atoms with van der Waals surface area (Å²) < 4.78 is 0. The van der Waals surface area contributed by atoms with Crippen molar-refractivity contribution in [2.75, 3.05) is 19.7 Å². The third kappa shape index (κ3) is 18.6. The number of hydrogen-bond acceptors (Lipinski definition) is 4. The van der Waals surface area contributed by atoms with Crippen molar-refractivity contribution in [1.29, 1.82) is 0 Å². The zero-order valence-electron chi connectivity index (χ0n) is 19.4. The normalized spacial score (nSPS) is 12.5. The maximum absolute atomic E-state index is 12.0. The van der Waals surface area contributed by atoms with Crippen LogP contribution in [0.15, 0.2) is 12.2 Å². The highest BCUT2D eigenvalue weighted by molar-refractivity contribution is 5.76. The highest BCUT2D eigenvalue weighted by Crippen LogP contribution is 2.10. The van der Waals surface area contributed by atoms with Gasteiger partial charge in [0.15, 0.2) is 0 Å². The summed E-state index contributed by atoms with van der Waals surface area (Å²) in [6.07, 6.45) is 20.6. The van der Waals surface area contributed by atoms with Gasteiger partial charge in [0.1, 0.15) is 0 Å². The smallest absolute Gasteiger partial charge is 0.317 e. The Balaban J connectivity index is 3.59. The lowest BCUT2D eigenvalue weighted by molar-refractivity contribution is -0.140. The zero-order valence-corrected chi connectivity index (χ0v) is 19.4. The molecule has 0 aliphatic heterocycles. The molecule has 0 aromatic heterocycles. The van der Waals surface area contributed by atoms with E-state index in [0.29, 0.717) is 6.42 Å². The average molecular weight is 427 g/mol. The molecule has 1 unspecified atom stereocenters. The molecule has 6 heteroatoms. The van der Waals surface area contributed by atoms with Crippen molar-refractivity contribution in [2.24, 2.45) is 0 Å². The number of hydrogen-bond donors (Lipinski definition) is 3. The van der Waals surface area contributed by atoms with Crippen molar-refractivity contribution in [3.8, 4) is 0 Å². The third-order valence-electron chi connectivity index (χ3n) is 5.31. The van der Waals surface area contributed by atoms with E-state index in [1.807, 2.05) is 0 Å². The molecule has 0 aliphatic rings. The number of rotatable bonds is 21. The van der Waals surface area contributed by atoms with Gasteiger partial charge in [0.2, 0.25) is 5.91 Å². The molecule has 0 rings (SSSR count). The number of carbonyl (C=O) groups is 2. The van der Waals surface area contributed by atoms with Crippen LogP contribution in [0, 0.1) is 0 Å². The Bertz CT molecular complexity index is 454. The summed E-state index contributed by atoms with van der Waals surface area (Å²) in [5.74, 6) is -1.03. The first-order valence-electron chi connectivity index (χ1n) is 12.0. The Morgan fingerprint density at radius 3 is 1.97 bits per heavy atom. The molecule has 0 radical (unpaired) electrons. The van der Waals surface area contributed by atoms with Crippen LogP contribution in [-0.2, 0) is 9.59 Å². The lowest BCUT2D eigenvalue weighted by Gasteiger charge is -2.27. The Kier molecular flexibility index (Phi) is 19.9. The van der Waals surface area contributed by atoms with Crippen LogP contribution < -0.4 is 5.32 Å². The number of nitrogens with one attached hydrogen (secondary N) is 1. The van der Waals surface area contributed by atoms with Gasteiger partial charge >= 0.3 is 5.97 Å². The van der Waals surface area contributed by atoms with Gasteiger partial charge in [0.25, 0.3) is 0 Å². The summed E-state index contributed by atoms with van der Waals surface area (Å²) in [6, 6.07) is 0. The van der Waals surface area contributed by atoms with E-state index in [0.717, 1.165) is 25.7 Å². The molecule has 176 valence electrons. The van der Waals surface area contributed by atoms with Crippen molar-refractivity contribution >= 4 is 11.9 Å². The Hall–Kier alpha value is -1.40. The number of aliphatic carboxylic acids is 1. The minimum absolute atomic E-state index is 0.0616. The molecule has 1 atom stereocenters. The molecule has 0 spiro atoms. The van der Waals surface area contributed by atoms with E-state index in [1.165, 1.54) is 57.8 Å². The van der Waals surface area contributed by atoms with E-state index in [1.54, 1.807) is 11.8 Å². The molecule has 0 aliphatic carbocycles. The molecule has 0 bridgehead atoms. The number of allylic oxidation sites excluding steroid dienone is 2. The standard InChI is InChI=1S/C24H46N2O4/c1-3-4-5-6-7-8-9-10-11-12-13-14-15-16-17-18-23(28)25-22(2)26(19-20-27)21-24(29)30/h10-11,22,27H,3-9,12-21H2,1-2H3,(H,25,28)(H,29,30)/b11-10-. The molecule has 0 saturated heterocycles.